The van der Waals surface area contributed by atoms with Gasteiger partial charge in [0.05, 0.1) is 17.3 Å². The van der Waals surface area contributed by atoms with Crippen molar-refractivity contribution in [1.82, 2.24) is 19.2 Å². The van der Waals surface area contributed by atoms with Crippen molar-refractivity contribution in [3.8, 4) is 0 Å². The van der Waals surface area contributed by atoms with E-state index in [1.54, 1.807) is 7.11 Å². The van der Waals surface area contributed by atoms with Gasteiger partial charge in [-0.3, -0.25) is 9.69 Å². The molecule has 2 aliphatic rings. The molecule has 0 bridgehead atoms. The maximum atomic E-state index is 13.5. The summed E-state index contributed by atoms with van der Waals surface area (Å²) in [6, 6.07) is 3.73. The molecule has 2 saturated heterocycles. The lowest BCUT2D eigenvalue weighted by Gasteiger charge is -2.25. The maximum Gasteiger partial charge on any atom is 0.274 e. The molecule has 1 amide bonds. The standard InChI is InChI=1S/C22H31ClN4O2/c1-29-16-17-9-12-25(13-17)15-19-21(24-20-8-7-18(23)14-27(19)20)22(28)26-10-5-3-2-4-6-11-26/h7-8,14,17H,2-6,9-13,15-16H2,1H3. The SMILES string of the molecule is COCC1CCN(Cc2c(C(=O)N3CCCCCCC3)nc3ccc(Cl)cn23)C1. The molecule has 158 valence electrons. The lowest BCUT2D eigenvalue weighted by atomic mass is 10.1. The summed E-state index contributed by atoms with van der Waals surface area (Å²) in [5.41, 5.74) is 2.32. The van der Waals surface area contributed by atoms with Gasteiger partial charge in [-0.15, -0.1) is 0 Å². The van der Waals surface area contributed by atoms with Gasteiger partial charge in [0.2, 0.25) is 0 Å². The number of imidazole rings is 1. The van der Waals surface area contributed by atoms with Crippen molar-refractivity contribution in [1.29, 1.82) is 0 Å². The quantitative estimate of drug-likeness (QED) is 0.739. The van der Waals surface area contributed by atoms with Crippen LogP contribution in [-0.2, 0) is 11.3 Å². The molecule has 0 spiro atoms. The van der Waals surface area contributed by atoms with Crippen LogP contribution in [0.4, 0.5) is 0 Å². The molecule has 6 nitrogen and oxygen atoms in total. The third-order valence-electron chi connectivity index (χ3n) is 6.17. The van der Waals surface area contributed by atoms with E-state index in [0.717, 1.165) is 63.4 Å². The van der Waals surface area contributed by atoms with E-state index >= 15 is 0 Å². The molecule has 0 aromatic carbocycles. The molecule has 4 heterocycles. The summed E-state index contributed by atoms with van der Waals surface area (Å²) in [5.74, 6) is 0.616. The van der Waals surface area contributed by atoms with E-state index in [-0.39, 0.29) is 5.91 Å². The highest BCUT2D eigenvalue weighted by Gasteiger charge is 2.28. The predicted molar refractivity (Wildman–Crippen MR) is 114 cm³/mol. The Bertz CT molecular complexity index is 845. The van der Waals surface area contributed by atoms with Gasteiger partial charge in [0.1, 0.15) is 5.65 Å². The first-order chi connectivity index (χ1) is 14.2. The molecule has 4 rings (SSSR count). The number of nitrogens with zero attached hydrogens (tertiary/aromatic N) is 4. The second kappa shape index (κ2) is 9.45. The first kappa shape index (κ1) is 20.6. The third kappa shape index (κ3) is 4.76. The number of aromatic nitrogens is 2. The average molecular weight is 419 g/mol. The predicted octanol–water partition coefficient (Wildman–Crippen LogP) is 3.86. The molecule has 2 aliphatic heterocycles. The minimum Gasteiger partial charge on any atom is -0.384 e. The largest absolute Gasteiger partial charge is 0.384 e. The number of pyridine rings is 1. The van der Waals surface area contributed by atoms with Crippen molar-refractivity contribution < 1.29 is 9.53 Å². The highest BCUT2D eigenvalue weighted by atomic mass is 35.5. The Labute approximate surface area is 177 Å². The zero-order chi connectivity index (χ0) is 20.2. The molecular formula is C22H31ClN4O2. The van der Waals surface area contributed by atoms with Crippen molar-refractivity contribution >= 4 is 23.2 Å². The van der Waals surface area contributed by atoms with Crippen LogP contribution >= 0.6 is 11.6 Å². The molecule has 2 fully saturated rings. The molecular weight excluding hydrogens is 388 g/mol. The van der Waals surface area contributed by atoms with Crippen LogP contribution in [0.5, 0.6) is 0 Å². The molecule has 2 aromatic rings. The van der Waals surface area contributed by atoms with E-state index in [0.29, 0.717) is 23.2 Å². The number of methoxy groups -OCH3 is 1. The number of amides is 1. The van der Waals surface area contributed by atoms with Crippen LogP contribution in [0.1, 0.15) is 54.7 Å². The van der Waals surface area contributed by atoms with Gasteiger partial charge in [-0.2, -0.15) is 0 Å². The molecule has 0 saturated carbocycles. The Morgan fingerprint density at radius 2 is 1.93 bits per heavy atom. The summed E-state index contributed by atoms with van der Waals surface area (Å²) in [5, 5.41) is 0.653. The minimum absolute atomic E-state index is 0.0642. The number of carbonyl (C=O) groups is 1. The number of fused-ring (bicyclic) bond motifs is 1. The maximum absolute atomic E-state index is 13.5. The minimum atomic E-state index is 0.0642. The van der Waals surface area contributed by atoms with Crippen molar-refractivity contribution in [2.24, 2.45) is 5.92 Å². The Morgan fingerprint density at radius 1 is 1.17 bits per heavy atom. The van der Waals surface area contributed by atoms with Crippen LogP contribution in [0.2, 0.25) is 5.02 Å². The van der Waals surface area contributed by atoms with Crippen LogP contribution in [-0.4, -0.2) is 65.0 Å². The van der Waals surface area contributed by atoms with Crippen molar-refractivity contribution in [3.05, 3.63) is 34.7 Å². The van der Waals surface area contributed by atoms with E-state index in [2.05, 4.69) is 4.90 Å². The van der Waals surface area contributed by atoms with E-state index in [1.807, 2.05) is 27.6 Å². The number of carbonyl (C=O) groups excluding carboxylic acids is 1. The monoisotopic (exact) mass is 418 g/mol. The summed E-state index contributed by atoms with van der Waals surface area (Å²) < 4.78 is 7.34. The fourth-order valence-corrected chi connectivity index (χ4v) is 4.79. The molecule has 1 unspecified atom stereocenters. The van der Waals surface area contributed by atoms with Crippen molar-refractivity contribution in [2.45, 2.75) is 45.1 Å². The Morgan fingerprint density at radius 3 is 2.69 bits per heavy atom. The first-order valence-electron chi connectivity index (χ1n) is 10.8. The Hall–Kier alpha value is -1.63. The Balaban J connectivity index is 1.62. The van der Waals surface area contributed by atoms with Crippen LogP contribution in [0.25, 0.3) is 5.65 Å². The number of rotatable bonds is 5. The van der Waals surface area contributed by atoms with Gasteiger partial charge < -0.3 is 14.0 Å². The third-order valence-corrected chi connectivity index (χ3v) is 6.40. The fourth-order valence-electron chi connectivity index (χ4n) is 4.63. The highest BCUT2D eigenvalue weighted by Crippen LogP contribution is 2.24. The molecule has 0 N–H and O–H groups in total. The van der Waals surface area contributed by atoms with Crippen molar-refractivity contribution in [3.63, 3.8) is 0 Å². The summed E-state index contributed by atoms with van der Waals surface area (Å²) in [4.78, 5) is 22.6. The number of hydrogen-bond donors (Lipinski definition) is 0. The molecule has 0 radical (unpaired) electrons. The smallest absolute Gasteiger partial charge is 0.274 e. The van der Waals surface area contributed by atoms with Crippen molar-refractivity contribution in [2.75, 3.05) is 39.9 Å². The second-order valence-electron chi connectivity index (χ2n) is 8.39. The van der Waals surface area contributed by atoms with Gasteiger partial charge in [-0.25, -0.2) is 4.98 Å². The van der Waals surface area contributed by atoms with Gasteiger partial charge in [0.25, 0.3) is 5.91 Å². The number of hydrogen-bond acceptors (Lipinski definition) is 4. The van der Waals surface area contributed by atoms with E-state index in [1.165, 1.54) is 19.3 Å². The lowest BCUT2D eigenvalue weighted by Crippen LogP contribution is -2.35. The van der Waals surface area contributed by atoms with E-state index in [9.17, 15) is 4.79 Å². The number of ether oxygens (including phenoxy) is 1. The van der Waals surface area contributed by atoms with Crippen LogP contribution in [0.15, 0.2) is 18.3 Å². The summed E-state index contributed by atoms with van der Waals surface area (Å²) in [7, 11) is 1.76. The highest BCUT2D eigenvalue weighted by molar-refractivity contribution is 6.30. The fraction of sp³-hybridized carbons (Fsp3) is 0.636. The van der Waals surface area contributed by atoms with Gasteiger partial charge in [0, 0.05) is 39.5 Å². The van der Waals surface area contributed by atoms with E-state index < -0.39 is 0 Å². The molecule has 2 aromatic heterocycles. The zero-order valence-corrected chi connectivity index (χ0v) is 18.0. The Kier molecular flexibility index (Phi) is 6.73. The van der Waals surface area contributed by atoms with Crippen LogP contribution in [0.3, 0.4) is 0 Å². The average Bonchev–Trinajstić information content (AvgIpc) is 3.26. The van der Waals surface area contributed by atoms with Crippen LogP contribution < -0.4 is 0 Å². The second-order valence-corrected chi connectivity index (χ2v) is 8.82. The van der Waals surface area contributed by atoms with Gasteiger partial charge in [-0.1, -0.05) is 30.9 Å². The molecule has 29 heavy (non-hydrogen) atoms. The van der Waals surface area contributed by atoms with Gasteiger partial charge in [-0.05, 0) is 43.9 Å². The number of halogens is 1. The summed E-state index contributed by atoms with van der Waals surface area (Å²) in [6.07, 6.45) is 8.83. The molecule has 7 heteroatoms. The van der Waals surface area contributed by atoms with Crippen LogP contribution in [0, 0.1) is 5.92 Å². The molecule has 1 atom stereocenters. The first-order valence-corrected chi connectivity index (χ1v) is 11.2. The number of likely N-dealkylation sites (tertiary alicyclic amines) is 2. The summed E-state index contributed by atoms with van der Waals surface area (Å²) in [6.45, 7) is 5.14. The summed E-state index contributed by atoms with van der Waals surface area (Å²) >= 11 is 6.27. The zero-order valence-electron chi connectivity index (χ0n) is 17.3. The van der Waals surface area contributed by atoms with Gasteiger partial charge in [0.15, 0.2) is 5.69 Å². The van der Waals surface area contributed by atoms with E-state index in [4.69, 9.17) is 21.3 Å². The van der Waals surface area contributed by atoms with Gasteiger partial charge >= 0.3 is 0 Å². The molecule has 0 aliphatic carbocycles. The normalized spacial score (nSPS) is 21.4. The topological polar surface area (TPSA) is 50.1 Å². The lowest BCUT2D eigenvalue weighted by molar-refractivity contribution is 0.0734.